The van der Waals surface area contributed by atoms with Gasteiger partial charge in [0.1, 0.15) is 0 Å². The van der Waals surface area contributed by atoms with Gasteiger partial charge in [-0.1, -0.05) is 17.3 Å². The summed E-state index contributed by atoms with van der Waals surface area (Å²) < 4.78 is 42.4. The first-order chi connectivity index (χ1) is 10.4. The van der Waals surface area contributed by atoms with Gasteiger partial charge in [0.05, 0.1) is 5.56 Å². The first-order valence-corrected chi connectivity index (χ1v) is 6.67. The first-order valence-electron chi connectivity index (χ1n) is 6.67. The van der Waals surface area contributed by atoms with Crippen molar-refractivity contribution in [1.29, 1.82) is 0 Å². The Labute approximate surface area is 124 Å². The smallest absolute Gasteiger partial charge is 0.356 e. The largest absolute Gasteiger partial charge is 0.416 e. The topological polar surface area (TPSA) is 68.0 Å². The average molecular weight is 313 g/mol. The molecular weight excluding hydrogens is 299 g/mol. The minimum absolute atomic E-state index is 0.128. The molecule has 2 aromatic rings. The molecule has 1 N–H and O–H groups in total. The van der Waals surface area contributed by atoms with Crippen LogP contribution >= 0.6 is 0 Å². The number of amides is 1. The maximum atomic E-state index is 12.5. The van der Waals surface area contributed by atoms with E-state index < -0.39 is 11.7 Å². The molecule has 2 rings (SSSR count). The lowest BCUT2D eigenvalue weighted by Gasteiger charge is -2.05. The van der Waals surface area contributed by atoms with Crippen LogP contribution in [0.25, 0.3) is 11.4 Å². The van der Waals surface area contributed by atoms with E-state index in [-0.39, 0.29) is 30.5 Å². The molecule has 1 aromatic carbocycles. The van der Waals surface area contributed by atoms with Crippen molar-refractivity contribution in [1.82, 2.24) is 15.5 Å². The van der Waals surface area contributed by atoms with Gasteiger partial charge in [-0.3, -0.25) is 4.79 Å². The van der Waals surface area contributed by atoms with Gasteiger partial charge in [0, 0.05) is 24.9 Å². The number of aryl methyl sites for hydroxylation is 1. The highest BCUT2D eigenvalue weighted by Gasteiger charge is 2.30. The summed E-state index contributed by atoms with van der Waals surface area (Å²) in [6.45, 7) is 2.35. The van der Waals surface area contributed by atoms with E-state index in [1.54, 1.807) is 0 Å². The van der Waals surface area contributed by atoms with Crippen LogP contribution in [-0.2, 0) is 17.4 Å². The Morgan fingerprint density at radius 1 is 1.27 bits per heavy atom. The van der Waals surface area contributed by atoms with Crippen LogP contribution in [0.15, 0.2) is 28.8 Å². The molecule has 0 aliphatic rings. The monoisotopic (exact) mass is 313 g/mol. The van der Waals surface area contributed by atoms with Gasteiger partial charge in [-0.05, 0) is 19.1 Å². The number of alkyl halides is 3. The Morgan fingerprint density at radius 2 is 1.95 bits per heavy atom. The van der Waals surface area contributed by atoms with Crippen LogP contribution in [0.2, 0.25) is 0 Å². The first kappa shape index (κ1) is 16.0. The van der Waals surface area contributed by atoms with Crippen LogP contribution in [0.5, 0.6) is 0 Å². The Morgan fingerprint density at radius 3 is 2.55 bits per heavy atom. The van der Waals surface area contributed by atoms with Gasteiger partial charge in [0.15, 0.2) is 0 Å². The summed E-state index contributed by atoms with van der Waals surface area (Å²) in [7, 11) is 0. The predicted molar refractivity (Wildman–Crippen MR) is 71.7 cm³/mol. The van der Waals surface area contributed by atoms with Gasteiger partial charge in [-0.2, -0.15) is 18.2 Å². The molecule has 0 aliphatic heterocycles. The molecule has 22 heavy (non-hydrogen) atoms. The zero-order valence-electron chi connectivity index (χ0n) is 11.8. The number of carbonyl (C=O) groups is 1. The summed E-state index contributed by atoms with van der Waals surface area (Å²) in [5.74, 6) is 0.331. The normalized spacial score (nSPS) is 11.5. The van der Waals surface area contributed by atoms with Crippen LogP contribution in [0.4, 0.5) is 13.2 Å². The van der Waals surface area contributed by atoms with Crippen molar-refractivity contribution in [2.75, 3.05) is 6.54 Å². The third kappa shape index (κ3) is 4.06. The SMILES string of the molecule is CCNC(=O)CCc1nc(-c2ccc(C(F)(F)F)cc2)no1. The second-order valence-corrected chi connectivity index (χ2v) is 4.54. The number of carbonyl (C=O) groups excluding carboxylic acids is 1. The van der Waals surface area contributed by atoms with Gasteiger partial charge in [-0.15, -0.1) is 0 Å². The van der Waals surface area contributed by atoms with Crippen molar-refractivity contribution < 1.29 is 22.5 Å². The summed E-state index contributed by atoms with van der Waals surface area (Å²) in [4.78, 5) is 15.4. The van der Waals surface area contributed by atoms with Crippen molar-refractivity contribution in [2.24, 2.45) is 0 Å². The van der Waals surface area contributed by atoms with Crippen molar-refractivity contribution in [3.8, 4) is 11.4 Å². The maximum absolute atomic E-state index is 12.5. The fraction of sp³-hybridized carbons (Fsp3) is 0.357. The summed E-state index contributed by atoms with van der Waals surface area (Å²) in [6.07, 6.45) is -3.89. The number of halogens is 3. The summed E-state index contributed by atoms with van der Waals surface area (Å²) in [5.41, 5.74) is -0.322. The van der Waals surface area contributed by atoms with E-state index in [1.807, 2.05) is 6.92 Å². The molecule has 118 valence electrons. The van der Waals surface area contributed by atoms with Gasteiger partial charge < -0.3 is 9.84 Å². The van der Waals surface area contributed by atoms with E-state index in [9.17, 15) is 18.0 Å². The second-order valence-electron chi connectivity index (χ2n) is 4.54. The van der Waals surface area contributed by atoms with Gasteiger partial charge >= 0.3 is 6.18 Å². The van der Waals surface area contributed by atoms with E-state index in [4.69, 9.17) is 4.52 Å². The number of nitrogens with one attached hydrogen (secondary N) is 1. The number of hydrogen-bond acceptors (Lipinski definition) is 4. The molecule has 5 nitrogen and oxygen atoms in total. The van der Waals surface area contributed by atoms with Crippen molar-refractivity contribution in [3.05, 3.63) is 35.7 Å². The molecule has 0 saturated heterocycles. The summed E-state index contributed by atoms with van der Waals surface area (Å²) in [5, 5.41) is 6.34. The molecule has 1 amide bonds. The zero-order valence-corrected chi connectivity index (χ0v) is 11.8. The molecule has 0 bridgehead atoms. The lowest BCUT2D eigenvalue weighted by atomic mass is 10.1. The van der Waals surface area contributed by atoms with Crippen molar-refractivity contribution in [2.45, 2.75) is 25.9 Å². The van der Waals surface area contributed by atoms with Crippen molar-refractivity contribution in [3.63, 3.8) is 0 Å². The van der Waals surface area contributed by atoms with Crippen LogP contribution < -0.4 is 5.32 Å². The Kier molecular flexibility index (Phi) is 4.79. The van der Waals surface area contributed by atoms with Crippen molar-refractivity contribution >= 4 is 5.91 Å². The molecule has 0 unspecified atom stereocenters. The van der Waals surface area contributed by atoms with E-state index >= 15 is 0 Å². The zero-order chi connectivity index (χ0) is 16.2. The van der Waals surface area contributed by atoms with Gasteiger partial charge in [0.2, 0.25) is 17.6 Å². The summed E-state index contributed by atoms with van der Waals surface area (Å²) >= 11 is 0. The van der Waals surface area contributed by atoms with Gasteiger partial charge in [0.25, 0.3) is 0 Å². The summed E-state index contributed by atoms with van der Waals surface area (Å²) in [6, 6.07) is 4.47. The molecule has 0 aliphatic carbocycles. The lowest BCUT2D eigenvalue weighted by Crippen LogP contribution is -2.22. The lowest BCUT2D eigenvalue weighted by molar-refractivity contribution is -0.137. The van der Waals surface area contributed by atoms with E-state index in [0.29, 0.717) is 12.1 Å². The minimum atomic E-state index is -4.38. The third-order valence-electron chi connectivity index (χ3n) is 2.88. The van der Waals surface area contributed by atoms with Crippen LogP contribution in [-0.4, -0.2) is 22.6 Å². The molecule has 0 fully saturated rings. The fourth-order valence-corrected chi connectivity index (χ4v) is 1.79. The highest BCUT2D eigenvalue weighted by atomic mass is 19.4. The standard InChI is InChI=1S/C14H14F3N3O2/c1-2-18-11(21)7-8-12-19-13(20-22-12)9-3-5-10(6-4-9)14(15,16)17/h3-6H,2,7-8H2,1H3,(H,18,21). The quantitative estimate of drug-likeness (QED) is 0.921. The molecule has 8 heteroatoms. The molecule has 1 aromatic heterocycles. The van der Waals surface area contributed by atoms with E-state index in [2.05, 4.69) is 15.5 Å². The fourth-order valence-electron chi connectivity index (χ4n) is 1.79. The predicted octanol–water partition coefficient (Wildman–Crippen LogP) is 2.82. The van der Waals surface area contributed by atoms with Crippen LogP contribution in [0.3, 0.4) is 0 Å². The number of rotatable bonds is 5. The number of nitrogens with zero attached hydrogens (tertiary/aromatic N) is 2. The van der Waals surface area contributed by atoms with E-state index in [1.165, 1.54) is 12.1 Å². The van der Waals surface area contributed by atoms with E-state index in [0.717, 1.165) is 12.1 Å². The third-order valence-corrected chi connectivity index (χ3v) is 2.88. The Hall–Kier alpha value is -2.38. The molecule has 0 atom stereocenters. The maximum Gasteiger partial charge on any atom is 0.416 e. The van der Waals surface area contributed by atoms with Crippen LogP contribution in [0.1, 0.15) is 24.8 Å². The number of benzene rings is 1. The van der Waals surface area contributed by atoms with Crippen LogP contribution in [0, 0.1) is 0 Å². The second kappa shape index (κ2) is 6.59. The number of hydrogen-bond donors (Lipinski definition) is 1. The molecular formula is C14H14F3N3O2. The van der Waals surface area contributed by atoms with Gasteiger partial charge in [-0.25, -0.2) is 0 Å². The Balaban J connectivity index is 2.03. The molecule has 0 spiro atoms. The Bertz CT molecular complexity index is 636. The average Bonchev–Trinajstić information content (AvgIpc) is 2.93. The molecule has 0 saturated carbocycles. The molecule has 0 radical (unpaired) electrons. The molecule has 1 heterocycles. The highest BCUT2D eigenvalue weighted by molar-refractivity contribution is 5.75. The highest BCUT2D eigenvalue weighted by Crippen LogP contribution is 2.30. The minimum Gasteiger partial charge on any atom is -0.356 e. The number of aromatic nitrogens is 2.